The van der Waals surface area contributed by atoms with Gasteiger partial charge in [-0.05, 0) is 24.3 Å². The average molecular weight is 277 g/mol. The van der Waals surface area contributed by atoms with Gasteiger partial charge >= 0.3 is 0 Å². The summed E-state index contributed by atoms with van der Waals surface area (Å²) in [4.78, 5) is 12.0. The number of phenolic OH excluding ortho intramolecular Hbond substituents is 2. The molecule has 3 N–H and O–H groups in total. The summed E-state index contributed by atoms with van der Waals surface area (Å²) in [5.41, 5.74) is -0.146. The standard InChI is InChI=1S/C14H12FNO4/c1-20-12-4-2-3-9(13(12)18)14(19)16-11-6-5-8(17)7-10(11)15/h2-7,17-18H,1H3,(H,16,19). The van der Waals surface area contributed by atoms with Crippen LogP contribution in [0.1, 0.15) is 10.4 Å². The fraction of sp³-hybridized carbons (Fsp3) is 0.0714. The Morgan fingerprint density at radius 3 is 2.65 bits per heavy atom. The lowest BCUT2D eigenvalue weighted by molar-refractivity contribution is 0.102. The Morgan fingerprint density at radius 2 is 2.00 bits per heavy atom. The molecule has 20 heavy (non-hydrogen) atoms. The van der Waals surface area contributed by atoms with E-state index in [4.69, 9.17) is 9.84 Å². The molecule has 5 nitrogen and oxygen atoms in total. The monoisotopic (exact) mass is 277 g/mol. The molecule has 0 aliphatic heterocycles. The van der Waals surface area contributed by atoms with Crippen molar-refractivity contribution in [2.24, 2.45) is 0 Å². The highest BCUT2D eigenvalue weighted by atomic mass is 19.1. The van der Waals surface area contributed by atoms with Crippen molar-refractivity contribution < 1.29 is 24.1 Å². The predicted octanol–water partition coefficient (Wildman–Crippen LogP) is 2.50. The summed E-state index contributed by atoms with van der Waals surface area (Å²) in [5, 5.41) is 21.2. The van der Waals surface area contributed by atoms with E-state index in [-0.39, 0.29) is 28.5 Å². The number of carbonyl (C=O) groups is 1. The van der Waals surface area contributed by atoms with Crippen LogP contribution in [0, 0.1) is 5.82 Å². The smallest absolute Gasteiger partial charge is 0.259 e. The molecule has 0 saturated carbocycles. The first-order valence-corrected chi connectivity index (χ1v) is 5.68. The highest BCUT2D eigenvalue weighted by molar-refractivity contribution is 6.06. The van der Waals surface area contributed by atoms with Crippen LogP contribution < -0.4 is 10.1 Å². The second-order valence-corrected chi connectivity index (χ2v) is 3.97. The largest absolute Gasteiger partial charge is 0.508 e. The number of hydrogen-bond acceptors (Lipinski definition) is 4. The number of phenols is 2. The third-order valence-corrected chi connectivity index (χ3v) is 2.66. The molecule has 6 heteroatoms. The Hall–Kier alpha value is -2.76. The summed E-state index contributed by atoms with van der Waals surface area (Å²) in [6, 6.07) is 7.74. The summed E-state index contributed by atoms with van der Waals surface area (Å²) in [5.74, 6) is -1.90. The van der Waals surface area contributed by atoms with Crippen LogP contribution in [0.5, 0.6) is 17.2 Å². The molecular weight excluding hydrogens is 265 g/mol. The number of nitrogens with one attached hydrogen (secondary N) is 1. The number of ether oxygens (including phenoxy) is 1. The predicted molar refractivity (Wildman–Crippen MR) is 70.7 cm³/mol. The minimum atomic E-state index is -0.777. The molecule has 104 valence electrons. The minimum absolute atomic E-state index is 0.0446. The Labute approximate surface area is 114 Å². The summed E-state index contributed by atoms with van der Waals surface area (Å²) in [6.07, 6.45) is 0. The number of halogens is 1. The van der Waals surface area contributed by atoms with Gasteiger partial charge < -0.3 is 20.3 Å². The molecule has 0 atom stereocenters. The number of hydrogen-bond donors (Lipinski definition) is 3. The zero-order valence-corrected chi connectivity index (χ0v) is 10.6. The Balaban J connectivity index is 2.28. The summed E-state index contributed by atoms with van der Waals surface area (Å²) >= 11 is 0. The van der Waals surface area contributed by atoms with Crippen molar-refractivity contribution in [3.05, 3.63) is 47.8 Å². The van der Waals surface area contributed by atoms with E-state index in [2.05, 4.69) is 5.32 Å². The van der Waals surface area contributed by atoms with E-state index in [1.807, 2.05) is 0 Å². The third-order valence-electron chi connectivity index (χ3n) is 2.66. The second kappa shape index (κ2) is 5.48. The summed E-state index contributed by atoms with van der Waals surface area (Å²) in [7, 11) is 1.36. The summed E-state index contributed by atoms with van der Waals surface area (Å²) < 4.78 is 18.4. The molecule has 2 aromatic rings. The van der Waals surface area contributed by atoms with Crippen molar-refractivity contribution in [2.45, 2.75) is 0 Å². The Morgan fingerprint density at radius 1 is 1.25 bits per heavy atom. The zero-order valence-electron chi connectivity index (χ0n) is 10.6. The number of rotatable bonds is 3. The van der Waals surface area contributed by atoms with Crippen LogP contribution in [-0.2, 0) is 0 Å². The number of aromatic hydroxyl groups is 2. The number of amides is 1. The van der Waals surface area contributed by atoms with E-state index >= 15 is 0 Å². The number of carbonyl (C=O) groups excluding carboxylic acids is 1. The van der Waals surface area contributed by atoms with Gasteiger partial charge in [0.25, 0.3) is 5.91 Å². The third kappa shape index (κ3) is 2.64. The lowest BCUT2D eigenvalue weighted by atomic mass is 10.1. The van der Waals surface area contributed by atoms with Crippen molar-refractivity contribution in [3.8, 4) is 17.2 Å². The van der Waals surface area contributed by atoms with Crippen molar-refractivity contribution >= 4 is 11.6 Å². The van der Waals surface area contributed by atoms with E-state index in [0.29, 0.717) is 0 Å². The van der Waals surface area contributed by atoms with Crippen LogP contribution in [0.25, 0.3) is 0 Å². The average Bonchev–Trinajstić information content (AvgIpc) is 2.42. The quantitative estimate of drug-likeness (QED) is 0.753. The Bertz CT molecular complexity index is 658. The van der Waals surface area contributed by atoms with E-state index < -0.39 is 11.7 Å². The van der Waals surface area contributed by atoms with Gasteiger partial charge in [0.05, 0.1) is 18.4 Å². The topological polar surface area (TPSA) is 78.8 Å². The molecular formula is C14H12FNO4. The molecule has 0 unspecified atom stereocenters. The molecule has 0 spiro atoms. The first-order valence-electron chi connectivity index (χ1n) is 5.68. The molecule has 2 rings (SSSR count). The number of anilines is 1. The molecule has 0 aromatic heterocycles. The van der Waals surface area contributed by atoms with Crippen LogP contribution in [0.2, 0.25) is 0 Å². The maximum absolute atomic E-state index is 13.5. The fourth-order valence-electron chi connectivity index (χ4n) is 1.67. The lowest BCUT2D eigenvalue weighted by Gasteiger charge is -2.10. The van der Waals surface area contributed by atoms with Gasteiger partial charge in [0.2, 0.25) is 0 Å². The van der Waals surface area contributed by atoms with Gasteiger partial charge in [-0.25, -0.2) is 4.39 Å². The molecule has 0 bridgehead atoms. The van der Waals surface area contributed by atoms with Crippen LogP contribution in [-0.4, -0.2) is 23.2 Å². The van der Waals surface area contributed by atoms with Crippen LogP contribution in [0.15, 0.2) is 36.4 Å². The molecule has 0 saturated heterocycles. The minimum Gasteiger partial charge on any atom is -0.508 e. The first-order chi connectivity index (χ1) is 9.52. The second-order valence-electron chi connectivity index (χ2n) is 3.97. The van der Waals surface area contributed by atoms with Crippen LogP contribution >= 0.6 is 0 Å². The maximum atomic E-state index is 13.5. The van der Waals surface area contributed by atoms with E-state index in [1.165, 1.54) is 37.4 Å². The van der Waals surface area contributed by atoms with Crippen molar-refractivity contribution in [1.29, 1.82) is 0 Å². The SMILES string of the molecule is COc1cccc(C(=O)Nc2ccc(O)cc2F)c1O. The molecule has 0 heterocycles. The van der Waals surface area contributed by atoms with Gasteiger partial charge in [-0.2, -0.15) is 0 Å². The van der Waals surface area contributed by atoms with Crippen molar-refractivity contribution in [3.63, 3.8) is 0 Å². The van der Waals surface area contributed by atoms with Crippen molar-refractivity contribution in [2.75, 3.05) is 12.4 Å². The molecule has 0 aliphatic rings. The van der Waals surface area contributed by atoms with Crippen LogP contribution in [0.3, 0.4) is 0 Å². The number of para-hydroxylation sites is 1. The maximum Gasteiger partial charge on any atom is 0.259 e. The summed E-state index contributed by atoms with van der Waals surface area (Å²) in [6.45, 7) is 0. The Kier molecular flexibility index (Phi) is 3.74. The van der Waals surface area contributed by atoms with Crippen molar-refractivity contribution in [1.82, 2.24) is 0 Å². The van der Waals surface area contributed by atoms with Gasteiger partial charge in [-0.15, -0.1) is 0 Å². The highest BCUT2D eigenvalue weighted by Gasteiger charge is 2.16. The number of methoxy groups -OCH3 is 1. The highest BCUT2D eigenvalue weighted by Crippen LogP contribution is 2.30. The van der Waals surface area contributed by atoms with Crippen LogP contribution in [0.4, 0.5) is 10.1 Å². The van der Waals surface area contributed by atoms with E-state index in [1.54, 1.807) is 0 Å². The molecule has 0 fully saturated rings. The number of benzene rings is 2. The molecule has 2 aromatic carbocycles. The molecule has 0 radical (unpaired) electrons. The van der Waals surface area contributed by atoms with Gasteiger partial charge in [0, 0.05) is 6.07 Å². The van der Waals surface area contributed by atoms with Gasteiger partial charge in [0.15, 0.2) is 11.5 Å². The van der Waals surface area contributed by atoms with E-state index in [0.717, 1.165) is 6.07 Å². The first kappa shape index (κ1) is 13.7. The fourth-order valence-corrected chi connectivity index (χ4v) is 1.67. The van der Waals surface area contributed by atoms with Gasteiger partial charge in [-0.3, -0.25) is 4.79 Å². The molecule has 0 aliphatic carbocycles. The van der Waals surface area contributed by atoms with Gasteiger partial charge in [-0.1, -0.05) is 6.07 Å². The normalized spacial score (nSPS) is 10.1. The van der Waals surface area contributed by atoms with Gasteiger partial charge in [0.1, 0.15) is 11.6 Å². The zero-order chi connectivity index (χ0) is 14.7. The van der Waals surface area contributed by atoms with E-state index in [9.17, 15) is 14.3 Å². The lowest BCUT2D eigenvalue weighted by Crippen LogP contribution is -2.13. The molecule has 1 amide bonds.